The minimum absolute atomic E-state index is 0.970. The molecule has 0 aliphatic heterocycles. The molecule has 2 nitrogen and oxygen atoms in total. The van der Waals surface area contributed by atoms with E-state index in [0.29, 0.717) is 0 Å². The molecule has 0 atom stereocenters. The van der Waals surface area contributed by atoms with Gasteiger partial charge in [0.2, 0.25) is 0 Å². The molecule has 0 amide bonds. The number of thiophene rings is 2. The summed E-state index contributed by atoms with van der Waals surface area (Å²) in [5.74, 6) is 0. The zero-order chi connectivity index (χ0) is 37.7. The highest BCUT2D eigenvalue weighted by Crippen LogP contribution is 2.43. The molecule has 11 rings (SSSR count). The molecular formula is C53H34N2S2. The molecule has 0 fully saturated rings. The number of benzene rings is 8. The Morgan fingerprint density at radius 2 is 0.895 bits per heavy atom. The number of hydrogen-bond acceptors (Lipinski definition) is 4. The summed E-state index contributed by atoms with van der Waals surface area (Å²) in [5.41, 5.74) is 12.8. The van der Waals surface area contributed by atoms with Crippen molar-refractivity contribution in [2.75, 3.05) is 4.90 Å². The van der Waals surface area contributed by atoms with Crippen molar-refractivity contribution in [2.24, 2.45) is 0 Å². The Balaban J connectivity index is 0.928. The summed E-state index contributed by atoms with van der Waals surface area (Å²) in [6.07, 6.45) is 1.84. The van der Waals surface area contributed by atoms with E-state index < -0.39 is 0 Å². The summed E-state index contributed by atoms with van der Waals surface area (Å²) < 4.78 is 5.29. The van der Waals surface area contributed by atoms with Crippen LogP contribution in [0.4, 0.5) is 17.1 Å². The van der Waals surface area contributed by atoms with Gasteiger partial charge in [-0.1, -0.05) is 115 Å². The van der Waals surface area contributed by atoms with Gasteiger partial charge in [0.25, 0.3) is 0 Å². The van der Waals surface area contributed by atoms with Crippen LogP contribution < -0.4 is 4.90 Å². The lowest BCUT2D eigenvalue weighted by atomic mass is 9.96. The third-order valence-corrected chi connectivity index (χ3v) is 13.3. The van der Waals surface area contributed by atoms with E-state index in [4.69, 9.17) is 0 Å². The highest BCUT2D eigenvalue weighted by Gasteiger charge is 2.15. The number of fused-ring (bicyclic) bond motifs is 6. The van der Waals surface area contributed by atoms with Crippen LogP contribution >= 0.6 is 22.7 Å². The predicted octanol–water partition coefficient (Wildman–Crippen LogP) is 16.0. The first kappa shape index (κ1) is 33.5. The van der Waals surface area contributed by atoms with Gasteiger partial charge in [-0.15, -0.1) is 22.7 Å². The molecule has 3 aromatic heterocycles. The van der Waals surface area contributed by atoms with Crippen molar-refractivity contribution in [1.29, 1.82) is 0 Å². The lowest BCUT2D eigenvalue weighted by Crippen LogP contribution is -2.09. The third kappa shape index (κ3) is 6.07. The number of para-hydroxylation sites is 1. The van der Waals surface area contributed by atoms with Crippen molar-refractivity contribution >= 4 is 80.1 Å². The van der Waals surface area contributed by atoms with Gasteiger partial charge in [0.15, 0.2) is 0 Å². The predicted molar refractivity (Wildman–Crippen MR) is 246 cm³/mol. The Bertz CT molecular complexity index is 3220. The van der Waals surface area contributed by atoms with E-state index in [0.717, 1.165) is 28.3 Å². The Morgan fingerprint density at radius 3 is 1.63 bits per heavy atom. The van der Waals surface area contributed by atoms with E-state index in [1.165, 1.54) is 73.7 Å². The molecule has 57 heavy (non-hydrogen) atoms. The molecule has 0 radical (unpaired) electrons. The SMILES string of the molecule is c1ccc(N(c2ccc(-c3ccc4sc5ccc(-c6cccc(-c7cccc8c7sc7ccccc78)c6)cc5c4c3)cc2)c2ccc(-c3ccccn3)cc2)cc1. The number of nitrogens with zero attached hydrogens (tertiary/aromatic N) is 2. The Labute approximate surface area is 339 Å². The Hall–Kier alpha value is -6.85. The van der Waals surface area contributed by atoms with Crippen LogP contribution in [-0.2, 0) is 0 Å². The zero-order valence-electron chi connectivity index (χ0n) is 30.8. The maximum Gasteiger partial charge on any atom is 0.0701 e. The molecule has 8 aromatic carbocycles. The van der Waals surface area contributed by atoms with E-state index in [-0.39, 0.29) is 0 Å². The van der Waals surface area contributed by atoms with Crippen LogP contribution in [0, 0.1) is 0 Å². The fourth-order valence-corrected chi connectivity index (χ4v) is 10.4. The van der Waals surface area contributed by atoms with Crippen molar-refractivity contribution in [3.63, 3.8) is 0 Å². The monoisotopic (exact) mass is 762 g/mol. The minimum Gasteiger partial charge on any atom is -0.311 e. The van der Waals surface area contributed by atoms with E-state index >= 15 is 0 Å². The van der Waals surface area contributed by atoms with Gasteiger partial charge in [-0.25, -0.2) is 0 Å². The summed E-state index contributed by atoms with van der Waals surface area (Å²) in [7, 11) is 0. The van der Waals surface area contributed by atoms with E-state index in [1.54, 1.807) is 0 Å². The third-order valence-electron chi connectivity index (χ3n) is 10.9. The van der Waals surface area contributed by atoms with Crippen LogP contribution in [-0.4, -0.2) is 4.98 Å². The second kappa shape index (κ2) is 14.0. The zero-order valence-corrected chi connectivity index (χ0v) is 32.5. The standard InChI is InChI=1S/C53H34N2S2/c1-2-12-41(13-3-1)55(43-27-21-36(22-28-43)49-17-6-7-31-54-49)42-25-19-35(20-26-42)38-23-29-51-47(33-38)48-34-39(24-30-52(48)56-51)37-10-8-11-40(32-37)44-15-9-16-46-45-14-4-5-18-50(45)57-53(44)46/h1-34H. The van der Waals surface area contributed by atoms with Crippen LogP contribution in [0.15, 0.2) is 206 Å². The van der Waals surface area contributed by atoms with Gasteiger partial charge < -0.3 is 4.90 Å². The lowest BCUT2D eigenvalue weighted by molar-refractivity contribution is 1.28. The molecular weight excluding hydrogens is 729 g/mol. The number of anilines is 3. The molecule has 0 aliphatic carbocycles. The first-order chi connectivity index (χ1) is 28.2. The highest BCUT2D eigenvalue weighted by molar-refractivity contribution is 7.26. The fraction of sp³-hybridized carbons (Fsp3) is 0. The molecule has 0 unspecified atom stereocenters. The summed E-state index contributed by atoms with van der Waals surface area (Å²) in [6, 6.07) is 72.6. The van der Waals surface area contributed by atoms with E-state index in [9.17, 15) is 0 Å². The summed E-state index contributed by atoms with van der Waals surface area (Å²) >= 11 is 3.75. The average Bonchev–Trinajstić information content (AvgIpc) is 3.86. The highest BCUT2D eigenvalue weighted by atomic mass is 32.1. The molecule has 3 heterocycles. The van der Waals surface area contributed by atoms with Crippen LogP contribution in [0.2, 0.25) is 0 Å². The van der Waals surface area contributed by atoms with Gasteiger partial charge in [-0.2, -0.15) is 0 Å². The van der Waals surface area contributed by atoms with Crippen LogP contribution in [0.1, 0.15) is 0 Å². The van der Waals surface area contributed by atoms with E-state index in [2.05, 4.69) is 192 Å². The van der Waals surface area contributed by atoms with Crippen molar-refractivity contribution in [2.45, 2.75) is 0 Å². The van der Waals surface area contributed by atoms with Gasteiger partial charge in [0.05, 0.1) is 5.69 Å². The molecule has 0 spiro atoms. The maximum absolute atomic E-state index is 4.54. The van der Waals surface area contributed by atoms with Crippen molar-refractivity contribution in [3.8, 4) is 44.6 Å². The summed E-state index contributed by atoms with van der Waals surface area (Å²) in [4.78, 5) is 6.85. The number of rotatable bonds is 7. The fourth-order valence-electron chi connectivity index (χ4n) is 8.12. The second-order valence-electron chi connectivity index (χ2n) is 14.4. The maximum atomic E-state index is 4.54. The topological polar surface area (TPSA) is 16.1 Å². The summed E-state index contributed by atoms with van der Waals surface area (Å²) in [5, 5.41) is 5.25. The van der Waals surface area contributed by atoms with Crippen LogP contribution in [0.3, 0.4) is 0 Å². The normalized spacial score (nSPS) is 11.5. The first-order valence-electron chi connectivity index (χ1n) is 19.2. The van der Waals surface area contributed by atoms with Gasteiger partial charge in [-0.3, -0.25) is 4.98 Å². The minimum atomic E-state index is 0.970. The molecule has 0 aliphatic rings. The molecule has 11 aromatic rings. The lowest BCUT2D eigenvalue weighted by Gasteiger charge is -2.26. The van der Waals surface area contributed by atoms with Gasteiger partial charge in [0, 0.05) is 69.2 Å². The van der Waals surface area contributed by atoms with Crippen LogP contribution in [0.25, 0.3) is 85.0 Å². The number of hydrogen-bond donors (Lipinski definition) is 0. The molecule has 0 saturated heterocycles. The van der Waals surface area contributed by atoms with Crippen LogP contribution in [0.5, 0.6) is 0 Å². The quantitative estimate of drug-likeness (QED) is 0.161. The molecule has 268 valence electrons. The molecule has 0 saturated carbocycles. The average molecular weight is 763 g/mol. The summed E-state index contributed by atoms with van der Waals surface area (Å²) in [6.45, 7) is 0. The van der Waals surface area contributed by atoms with Crippen molar-refractivity contribution in [1.82, 2.24) is 4.98 Å². The van der Waals surface area contributed by atoms with Gasteiger partial charge >= 0.3 is 0 Å². The van der Waals surface area contributed by atoms with Crippen molar-refractivity contribution < 1.29 is 0 Å². The smallest absolute Gasteiger partial charge is 0.0701 e. The number of aromatic nitrogens is 1. The first-order valence-corrected chi connectivity index (χ1v) is 20.8. The van der Waals surface area contributed by atoms with Crippen molar-refractivity contribution in [3.05, 3.63) is 206 Å². The second-order valence-corrected chi connectivity index (χ2v) is 16.5. The van der Waals surface area contributed by atoms with Gasteiger partial charge in [-0.05, 0) is 118 Å². The molecule has 0 N–H and O–H groups in total. The molecule has 4 heteroatoms. The van der Waals surface area contributed by atoms with Gasteiger partial charge in [0.1, 0.15) is 0 Å². The Kier molecular flexibility index (Phi) is 8.24. The molecule has 0 bridgehead atoms. The Morgan fingerprint density at radius 1 is 0.333 bits per heavy atom. The van der Waals surface area contributed by atoms with E-state index in [1.807, 2.05) is 47.1 Å². The largest absolute Gasteiger partial charge is 0.311 e. The number of pyridine rings is 1.